The van der Waals surface area contributed by atoms with Crippen molar-refractivity contribution in [1.29, 1.82) is 0 Å². The van der Waals surface area contributed by atoms with E-state index in [1.54, 1.807) is 14.1 Å². The topological polar surface area (TPSA) is 52.7 Å². The standard InChI is InChI=1S/C17H25N3O2.ClH/c1-19(2)16(21)13-15-17(22)20(12-10-18-15)11-6-9-14-7-4-3-5-8-14;/h3-5,7-8,15,18H,6,9-13H2,1-2H3;1H. The van der Waals surface area contributed by atoms with E-state index in [2.05, 4.69) is 17.4 Å². The first-order valence-corrected chi connectivity index (χ1v) is 7.84. The molecule has 1 atom stereocenters. The summed E-state index contributed by atoms with van der Waals surface area (Å²) in [5.41, 5.74) is 1.30. The summed E-state index contributed by atoms with van der Waals surface area (Å²) in [5.74, 6) is 0.0338. The Morgan fingerprint density at radius 3 is 2.65 bits per heavy atom. The zero-order valence-electron chi connectivity index (χ0n) is 13.8. The van der Waals surface area contributed by atoms with Crippen LogP contribution in [0.4, 0.5) is 0 Å². The van der Waals surface area contributed by atoms with Gasteiger partial charge in [-0.1, -0.05) is 30.3 Å². The van der Waals surface area contributed by atoms with E-state index in [1.807, 2.05) is 23.1 Å². The second-order valence-electron chi connectivity index (χ2n) is 5.91. The molecule has 0 saturated carbocycles. The van der Waals surface area contributed by atoms with Crippen molar-refractivity contribution < 1.29 is 9.59 Å². The molecule has 1 fully saturated rings. The largest absolute Gasteiger partial charge is 0.349 e. The minimum atomic E-state index is -0.375. The van der Waals surface area contributed by atoms with Gasteiger partial charge >= 0.3 is 0 Å². The molecule has 1 aliphatic rings. The van der Waals surface area contributed by atoms with Gasteiger partial charge in [0.05, 0.1) is 12.5 Å². The third kappa shape index (κ3) is 5.84. The van der Waals surface area contributed by atoms with Crippen molar-refractivity contribution in [3.63, 3.8) is 0 Å². The number of benzene rings is 1. The van der Waals surface area contributed by atoms with E-state index in [9.17, 15) is 9.59 Å². The number of nitrogens with zero attached hydrogens (tertiary/aromatic N) is 2. The SMILES string of the molecule is CN(C)C(=O)CC1NCCN(CCCc2ccccc2)C1=O.Cl. The van der Waals surface area contributed by atoms with Gasteiger partial charge in [0.2, 0.25) is 11.8 Å². The number of aryl methyl sites for hydroxylation is 1. The van der Waals surface area contributed by atoms with Crippen LogP contribution in [0.2, 0.25) is 0 Å². The van der Waals surface area contributed by atoms with Gasteiger partial charge in [-0.2, -0.15) is 0 Å². The Kier molecular flexibility index (Phi) is 8.06. The fourth-order valence-corrected chi connectivity index (χ4v) is 2.65. The van der Waals surface area contributed by atoms with Gasteiger partial charge in [0.15, 0.2) is 0 Å². The van der Waals surface area contributed by atoms with E-state index in [0.717, 1.165) is 32.5 Å². The number of hydrogen-bond donors (Lipinski definition) is 1. The molecule has 1 unspecified atom stereocenters. The first kappa shape index (κ1) is 19.5. The summed E-state index contributed by atoms with van der Waals surface area (Å²) >= 11 is 0. The van der Waals surface area contributed by atoms with Crippen molar-refractivity contribution in [2.45, 2.75) is 25.3 Å². The molecule has 5 nitrogen and oxygen atoms in total. The predicted octanol–water partition coefficient (Wildman–Crippen LogP) is 1.32. The molecule has 6 heteroatoms. The Labute approximate surface area is 144 Å². The van der Waals surface area contributed by atoms with Crippen LogP contribution in [0, 0.1) is 0 Å². The molecule has 1 aromatic carbocycles. The van der Waals surface area contributed by atoms with Gasteiger partial charge in [0.25, 0.3) is 0 Å². The quantitative estimate of drug-likeness (QED) is 0.850. The molecule has 2 rings (SSSR count). The Balaban J connectivity index is 0.00000264. The maximum absolute atomic E-state index is 12.4. The van der Waals surface area contributed by atoms with E-state index in [4.69, 9.17) is 0 Å². The Hall–Kier alpha value is -1.59. The highest BCUT2D eigenvalue weighted by atomic mass is 35.5. The van der Waals surface area contributed by atoms with Gasteiger partial charge in [0.1, 0.15) is 0 Å². The van der Waals surface area contributed by atoms with Gasteiger partial charge in [-0.25, -0.2) is 0 Å². The summed E-state index contributed by atoms with van der Waals surface area (Å²) in [5, 5.41) is 3.15. The van der Waals surface area contributed by atoms with Gasteiger partial charge in [-0.05, 0) is 18.4 Å². The molecule has 2 amide bonds. The van der Waals surface area contributed by atoms with Crippen LogP contribution >= 0.6 is 12.4 Å². The highest BCUT2D eigenvalue weighted by Crippen LogP contribution is 2.09. The smallest absolute Gasteiger partial charge is 0.240 e. The van der Waals surface area contributed by atoms with Crippen LogP contribution in [0.1, 0.15) is 18.4 Å². The lowest BCUT2D eigenvalue weighted by molar-refractivity contribution is -0.140. The number of piperazine rings is 1. The van der Waals surface area contributed by atoms with Crippen molar-refractivity contribution in [3.8, 4) is 0 Å². The molecule has 0 radical (unpaired) electrons. The van der Waals surface area contributed by atoms with Crippen LogP contribution in [0.5, 0.6) is 0 Å². The number of halogens is 1. The molecule has 0 spiro atoms. The summed E-state index contributed by atoms with van der Waals surface area (Å²) in [6, 6.07) is 9.93. The average Bonchev–Trinajstić information content (AvgIpc) is 2.51. The van der Waals surface area contributed by atoms with Crippen molar-refractivity contribution in [2.24, 2.45) is 0 Å². The zero-order chi connectivity index (χ0) is 15.9. The van der Waals surface area contributed by atoms with E-state index >= 15 is 0 Å². The van der Waals surface area contributed by atoms with E-state index in [0.29, 0.717) is 0 Å². The molecule has 1 aromatic rings. The Morgan fingerprint density at radius 1 is 1.30 bits per heavy atom. The normalized spacial score (nSPS) is 17.6. The molecule has 1 saturated heterocycles. The third-order valence-corrected chi connectivity index (χ3v) is 4.00. The van der Waals surface area contributed by atoms with Crippen molar-refractivity contribution in [2.75, 3.05) is 33.7 Å². The molecule has 0 aromatic heterocycles. The lowest BCUT2D eigenvalue weighted by atomic mass is 10.1. The van der Waals surface area contributed by atoms with E-state index in [-0.39, 0.29) is 36.7 Å². The van der Waals surface area contributed by atoms with Crippen LogP contribution in [-0.2, 0) is 16.0 Å². The van der Waals surface area contributed by atoms with Crippen LogP contribution < -0.4 is 5.32 Å². The molecular formula is C17H26ClN3O2. The Bertz CT molecular complexity index is 508. The molecule has 1 N–H and O–H groups in total. The first-order chi connectivity index (χ1) is 10.6. The third-order valence-electron chi connectivity index (χ3n) is 4.00. The van der Waals surface area contributed by atoms with E-state index in [1.165, 1.54) is 10.5 Å². The number of amides is 2. The van der Waals surface area contributed by atoms with Crippen molar-refractivity contribution in [1.82, 2.24) is 15.1 Å². The average molecular weight is 340 g/mol. The molecule has 0 bridgehead atoms. The summed E-state index contributed by atoms with van der Waals surface area (Å²) in [7, 11) is 3.43. The van der Waals surface area contributed by atoms with Crippen molar-refractivity contribution >= 4 is 24.2 Å². The lowest BCUT2D eigenvalue weighted by Crippen LogP contribution is -2.56. The maximum Gasteiger partial charge on any atom is 0.240 e. The molecule has 1 aliphatic heterocycles. The number of rotatable bonds is 6. The van der Waals surface area contributed by atoms with Crippen LogP contribution in [-0.4, -0.2) is 61.4 Å². The zero-order valence-corrected chi connectivity index (χ0v) is 14.6. The fourth-order valence-electron chi connectivity index (χ4n) is 2.65. The number of hydrogen-bond acceptors (Lipinski definition) is 3. The van der Waals surface area contributed by atoms with Gasteiger partial charge in [-0.3, -0.25) is 9.59 Å². The minimum absolute atomic E-state index is 0. The molecule has 128 valence electrons. The monoisotopic (exact) mass is 339 g/mol. The highest BCUT2D eigenvalue weighted by Gasteiger charge is 2.29. The number of carbonyl (C=O) groups excluding carboxylic acids is 2. The van der Waals surface area contributed by atoms with Crippen molar-refractivity contribution in [3.05, 3.63) is 35.9 Å². The molecule has 0 aliphatic carbocycles. The lowest BCUT2D eigenvalue weighted by Gasteiger charge is -2.33. The molecular weight excluding hydrogens is 314 g/mol. The summed E-state index contributed by atoms with van der Waals surface area (Å²) in [4.78, 5) is 27.6. The fraction of sp³-hybridized carbons (Fsp3) is 0.529. The predicted molar refractivity (Wildman–Crippen MR) is 93.7 cm³/mol. The van der Waals surface area contributed by atoms with Gasteiger partial charge in [-0.15, -0.1) is 12.4 Å². The van der Waals surface area contributed by atoms with Gasteiger partial charge in [0, 0.05) is 33.7 Å². The second-order valence-corrected chi connectivity index (χ2v) is 5.91. The van der Waals surface area contributed by atoms with Crippen LogP contribution in [0.3, 0.4) is 0 Å². The number of carbonyl (C=O) groups is 2. The van der Waals surface area contributed by atoms with E-state index < -0.39 is 0 Å². The van der Waals surface area contributed by atoms with Crippen LogP contribution in [0.15, 0.2) is 30.3 Å². The summed E-state index contributed by atoms with van der Waals surface area (Å²) in [6.45, 7) is 2.23. The second kappa shape index (κ2) is 9.53. The summed E-state index contributed by atoms with van der Waals surface area (Å²) < 4.78 is 0. The molecule has 23 heavy (non-hydrogen) atoms. The maximum atomic E-state index is 12.4. The summed E-state index contributed by atoms with van der Waals surface area (Å²) in [6.07, 6.45) is 2.16. The number of nitrogens with one attached hydrogen (secondary N) is 1. The minimum Gasteiger partial charge on any atom is -0.349 e. The molecule has 1 heterocycles. The van der Waals surface area contributed by atoms with Crippen LogP contribution in [0.25, 0.3) is 0 Å². The highest BCUT2D eigenvalue weighted by molar-refractivity contribution is 5.88. The van der Waals surface area contributed by atoms with Gasteiger partial charge < -0.3 is 15.1 Å². The first-order valence-electron chi connectivity index (χ1n) is 7.84. The Morgan fingerprint density at radius 2 is 2.00 bits per heavy atom.